The van der Waals surface area contributed by atoms with Gasteiger partial charge in [-0.3, -0.25) is 9.10 Å². The van der Waals surface area contributed by atoms with Gasteiger partial charge in [0.25, 0.3) is 15.9 Å². The number of amides is 1. The number of nitrogens with zero attached hydrogens (tertiary/aromatic N) is 1. The van der Waals surface area contributed by atoms with E-state index in [0.717, 1.165) is 23.3 Å². The van der Waals surface area contributed by atoms with Gasteiger partial charge in [-0.1, -0.05) is 17.7 Å². The second kappa shape index (κ2) is 9.04. The van der Waals surface area contributed by atoms with E-state index in [9.17, 15) is 13.2 Å². The summed E-state index contributed by atoms with van der Waals surface area (Å²) in [6, 6.07) is 19.2. The van der Waals surface area contributed by atoms with E-state index >= 15 is 0 Å². The van der Waals surface area contributed by atoms with Crippen LogP contribution in [-0.4, -0.2) is 27.5 Å². The van der Waals surface area contributed by atoms with Gasteiger partial charge < -0.3 is 10.1 Å². The van der Waals surface area contributed by atoms with Crippen LogP contribution in [0.15, 0.2) is 71.6 Å². The predicted octanol–water partition coefficient (Wildman–Crippen LogP) is 4.79. The number of aryl methyl sites for hydroxylation is 2. The molecule has 3 aromatic carbocycles. The smallest absolute Gasteiger partial charge is 0.264 e. The number of benzene rings is 3. The predicted molar refractivity (Wildman–Crippen MR) is 126 cm³/mol. The molecule has 0 aliphatic carbocycles. The van der Waals surface area contributed by atoms with E-state index in [1.165, 1.54) is 4.31 Å². The van der Waals surface area contributed by atoms with Crippen molar-refractivity contribution >= 4 is 27.3 Å². The molecule has 3 aromatic rings. The summed E-state index contributed by atoms with van der Waals surface area (Å²) in [6.45, 7) is 4.84. The first-order valence-corrected chi connectivity index (χ1v) is 12.1. The number of sulfonamides is 1. The van der Waals surface area contributed by atoms with Gasteiger partial charge in [0.2, 0.25) is 0 Å². The molecule has 0 aromatic heterocycles. The Hall–Kier alpha value is -3.32. The molecule has 1 heterocycles. The van der Waals surface area contributed by atoms with Gasteiger partial charge in [-0.2, -0.15) is 0 Å². The van der Waals surface area contributed by atoms with Gasteiger partial charge in [0.15, 0.2) is 0 Å². The maximum Gasteiger partial charge on any atom is 0.264 e. The third-order valence-electron chi connectivity index (χ3n) is 5.45. The zero-order valence-corrected chi connectivity index (χ0v) is 19.0. The fourth-order valence-corrected chi connectivity index (χ4v) is 5.34. The molecule has 1 amide bonds. The van der Waals surface area contributed by atoms with Gasteiger partial charge in [0.05, 0.1) is 17.2 Å². The molecule has 0 saturated carbocycles. The van der Waals surface area contributed by atoms with Crippen molar-refractivity contribution in [1.29, 1.82) is 0 Å². The quantitative estimate of drug-likeness (QED) is 0.586. The van der Waals surface area contributed by atoms with Gasteiger partial charge in [-0.05, 0) is 86.8 Å². The zero-order valence-electron chi connectivity index (χ0n) is 18.2. The van der Waals surface area contributed by atoms with Crippen LogP contribution in [0, 0.1) is 6.92 Å². The van der Waals surface area contributed by atoms with Crippen molar-refractivity contribution in [2.24, 2.45) is 0 Å². The minimum absolute atomic E-state index is 0.240. The summed E-state index contributed by atoms with van der Waals surface area (Å²) < 4.78 is 33.3. The second-order valence-corrected chi connectivity index (χ2v) is 9.61. The van der Waals surface area contributed by atoms with Gasteiger partial charge in [-0.25, -0.2) is 8.42 Å². The molecule has 0 fully saturated rings. The molecule has 0 saturated heterocycles. The molecular weight excluding hydrogens is 424 g/mol. The Morgan fingerprint density at radius 1 is 1.03 bits per heavy atom. The minimum Gasteiger partial charge on any atom is -0.494 e. The molecule has 1 aliphatic rings. The molecule has 1 N–H and O–H groups in total. The lowest BCUT2D eigenvalue weighted by molar-refractivity contribution is 0.102. The maximum atomic E-state index is 13.2. The maximum absolute atomic E-state index is 13.2. The molecule has 7 heteroatoms. The normalized spacial score (nSPS) is 13.4. The van der Waals surface area contributed by atoms with Crippen LogP contribution in [0.1, 0.15) is 34.8 Å². The van der Waals surface area contributed by atoms with Crippen LogP contribution in [0.2, 0.25) is 0 Å². The van der Waals surface area contributed by atoms with E-state index in [1.807, 2.05) is 13.8 Å². The lowest BCUT2D eigenvalue weighted by Crippen LogP contribution is -2.35. The van der Waals surface area contributed by atoms with Gasteiger partial charge >= 0.3 is 0 Å². The summed E-state index contributed by atoms with van der Waals surface area (Å²) in [6.07, 6.45) is 1.42. The number of hydrogen-bond donors (Lipinski definition) is 1. The third-order valence-corrected chi connectivity index (χ3v) is 7.28. The van der Waals surface area contributed by atoms with Gasteiger partial charge in [0, 0.05) is 17.8 Å². The Balaban J connectivity index is 1.56. The monoisotopic (exact) mass is 450 g/mol. The van der Waals surface area contributed by atoms with Crippen molar-refractivity contribution in [2.45, 2.75) is 31.6 Å². The number of anilines is 2. The first-order chi connectivity index (χ1) is 15.4. The summed E-state index contributed by atoms with van der Waals surface area (Å²) in [7, 11) is -3.66. The number of fused-ring (bicyclic) bond motifs is 1. The number of carbonyl (C=O) groups excluding carboxylic acids is 1. The summed E-state index contributed by atoms with van der Waals surface area (Å²) in [5.74, 6) is 0.504. The van der Waals surface area contributed by atoms with E-state index in [2.05, 4.69) is 5.32 Å². The summed E-state index contributed by atoms with van der Waals surface area (Å²) >= 11 is 0. The zero-order chi connectivity index (χ0) is 22.7. The number of ether oxygens (including phenoxy) is 1. The first kappa shape index (κ1) is 21.9. The number of rotatable bonds is 6. The van der Waals surface area contributed by atoms with Crippen molar-refractivity contribution in [2.75, 3.05) is 22.8 Å². The first-order valence-electron chi connectivity index (χ1n) is 10.6. The molecule has 0 unspecified atom stereocenters. The molecule has 6 nitrogen and oxygen atoms in total. The van der Waals surface area contributed by atoms with Gasteiger partial charge in [-0.15, -0.1) is 0 Å². The third kappa shape index (κ3) is 4.48. The number of carbonyl (C=O) groups is 1. The molecule has 1 aliphatic heterocycles. The van der Waals surface area contributed by atoms with E-state index < -0.39 is 10.0 Å². The number of nitrogens with one attached hydrogen (secondary N) is 1. The van der Waals surface area contributed by atoms with Crippen LogP contribution >= 0.6 is 0 Å². The number of hydrogen-bond acceptors (Lipinski definition) is 4. The second-order valence-electron chi connectivity index (χ2n) is 7.75. The van der Waals surface area contributed by atoms with Crippen LogP contribution in [0.3, 0.4) is 0 Å². The Bertz CT molecular complexity index is 1220. The minimum atomic E-state index is -3.66. The Kier molecular flexibility index (Phi) is 6.19. The Labute approximate surface area is 188 Å². The topological polar surface area (TPSA) is 75.7 Å². The van der Waals surface area contributed by atoms with Crippen molar-refractivity contribution in [3.8, 4) is 5.75 Å². The molecular formula is C25H26N2O4S. The van der Waals surface area contributed by atoms with Crippen LogP contribution in [0.5, 0.6) is 5.75 Å². The Morgan fingerprint density at radius 3 is 2.44 bits per heavy atom. The average Bonchev–Trinajstić information content (AvgIpc) is 2.80. The van der Waals surface area contributed by atoms with E-state index in [0.29, 0.717) is 36.5 Å². The van der Waals surface area contributed by atoms with Crippen molar-refractivity contribution in [1.82, 2.24) is 0 Å². The fraction of sp³-hybridized carbons (Fsp3) is 0.240. The molecule has 0 bridgehead atoms. The van der Waals surface area contributed by atoms with Crippen molar-refractivity contribution in [3.63, 3.8) is 0 Å². The summed E-state index contributed by atoms with van der Waals surface area (Å²) in [5.41, 5.74) is 3.65. The highest BCUT2D eigenvalue weighted by Gasteiger charge is 2.29. The van der Waals surface area contributed by atoms with Crippen LogP contribution in [0.25, 0.3) is 0 Å². The molecule has 0 radical (unpaired) electrons. The van der Waals surface area contributed by atoms with E-state index in [4.69, 9.17) is 4.74 Å². The van der Waals surface area contributed by atoms with E-state index in [1.54, 1.807) is 66.7 Å². The van der Waals surface area contributed by atoms with Crippen molar-refractivity contribution < 1.29 is 17.9 Å². The largest absolute Gasteiger partial charge is 0.494 e. The standard InChI is InChI=1S/C25H26N2O4S/c1-3-31-22-11-9-21(10-12-22)26-25(28)20-8-15-24-19(17-20)5-4-16-27(24)32(29,30)23-13-6-18(2)7-14-23/h6-15,17H,3-5,16H2,1-2H3,(H,26,28). The molecule has 0 spiro atoms. The lowest BCUT2D eigenvalue weighted by Gasteiger charge is -2.30. The molecule has 4 rings (SSSR count). The summed E-state index contributed by atoms with van der Waals surface area (Å²) in [5, 5.41) is 2.88. The van der Waals surface area contributed by atoms with Gasteiger partial charge in [0.1, 0.15) is 5.75 Å². The molecule has 32 heavy (non-hydrogen) atoms. The summed E-state index contributed by atoms with van der Waals surface area (Å²) in [4.78, 5) is 13.0. The van der Waals surface area contributed by atoms with Crippen molar-refractivity contribution in [3.05, 3.63) is 83.4 Å². The SMILES string of the molecule is CCOc1ccc(NC(=O)c2ccc3c(c2)CCCN3S(=O)(=O)c2ccc(C)cc2)cc1. The Morgan fingerprint density at radius 2 is 1.75 bits per heavy atom. The average molecular weight is 451 g/mol. The molecule has 0 atom stereocenters. The lowest BCUT2D eigenvalue weighted by atomic mass is 10.0. The van der Waals surface area contributed by atoms with E-state index in [-0.39, 0.29) is 10.8 Å². The van der Waals surface area contributed by atoms with Crippen LogP contribution in [0.4, 0.5) is 11.4 Å². The highest BCUT2D eigenvalue weighted by Crippen LogP contribution is 2.33. The highest BCUT2D eigenvalue weighted by atomic mass is 32.2. The molecule has 166 valence electrons. The fourth-order valence-electron chi connectivity index (χ4n) is 3.80. The van der Waals surface area contributed by atoms with Crippen LogP contribution < -0.4 is 14.4 Å². The van der Waals surface area contributed by atoms with Crippen LogP contribution in [-0.2, 0) is 16.4 Å². The highest BCUT2D eigenvalue weighted by molar-refractivity contribution is 7.92.